The Hall–Kier alpha value is -2.43. The SMILES string of the molecule is Cc1cnc(NCC(=O)N2CCc3ccccc32)nc1C. The number of nitrogens with one attached hydrogen (secondary N) is 1. The van der Waals surface area contributed by atoms with Crippen LogP contribution >= 0.6 is 0 Å². The molecule has 0 bridgehead atoms. The normalized spacial score (nSPS) is 13.1. The van der Waals surface area contributed by atoms with E-state index in [4.69, 9.17) is 0 Å². The fourth-order valence-corrected chi connectivity index (χ4v) is 2.46. The molecule has 0 saturated carbocycles. The Kier molecular flexibility index (Phi) is 3.56. The van der Waals surface area contributed by atoms with Crippen LogP contribution in [0.2, 0.25) is 0 Å². The maximum absolute atomic E-state index is 12.3. The summed E-state index contributed by atoms with van der Waals surface area (Å²) >= 11 is 0. The minimum Gasteiger partial charge on any atom is -0.345 e. The highest BCUT2D eigenvalue weighted by Crippen LogP contribution is 2.27. The lowest BCUT2D eigenvalue weighted by molar-refractivity contribution is -0.116. The molecule has 0 saturated heterocycles. The number of aryl methyl sites for hydroxylation is 2. The number of hydrogen-bond donors (Lipinski definition) is 1. The molecular weight excluding hydrogens is 264 g/mol. The summed E-state index contributed by atoms with van der Waals surface area (Å²) in [5, 5.41) is 3.01. The molecule has 0 aliphatic carbocycles. The third-order valence-electron chi connectivity index (χ3n) is 3.81. The minimum atomic E-state index is 0.0433. The van der Waals surface area contributed by atoms with Crippen LogP contribution in [0.1, 0.15) is 16.8 Å². The Labute approximate surface area is 124 Å². The molecule has 3 rings (SSSR count). The van der Waals surface area contributed by atoms with Crippen LogP contribution in [0.4, 0.5) is 11.6 Å². The van der Waals surface area contributed by atoms with Crippen LogP contribution in [0.15, 0.2) is 30.5 Å². The van der Waals surface area contributed by atoms with E-state index in [1.54, 1.807) is 6.20 Å². The second kappa shape index (κ2) is 5.52. The standard InChI is InChI=1S/C16H18N4O/c1-11-9-17-16(19-12(11)2)18-10-15(21)20-8-7-13-5-3-4-6-14(13)20/h3-6,9H,7-8,10H2,1-2H3,(H,17,18,19). The average Bonchev–Trinajstić information content (AvgIpc) is 2.92. The summed E-state index contributed by atoms with van der Waals surface area (Å²) in [7, 11) is 0. The molecule has 1 aliphatic heterocycles. The highest BCUT2D eigenvalue weighted by molar-refractivity contribution is 5.97. The maximum atomic E-state index is 12.3. The van der Waals surface area contributed by atoms with Crippen LogP contribution in [0, 0.1) is 13.8 Å². The van der Waals surface area contributed by atoms with E-state index in [-0.39, 0.29) is 12.5 Å². The summed E-state index contributed by atoms with van der Waals surface area (Å²) < 4.78 is 0. The molecule has 2 aromatic rings. The molecule has 0 unspecified atom stereocenters. The van der Waals surface area contributed by atoms with E-state index in [2.05, 4.69) is 21.4 Å². The van der Waals surface area contributed by atoms with E-state index in [9.17, 15) is 4.79 Å². The second-order valence-corrected chi connectivity index (χ2v) is 5.24. The van der Waals surface area contributed by atoms with Gasteiger partial charge in [-0.2, -0.15) is 0 Å². The first kappa shape index (κ1) is 13.5. The van der Waals surface area contributed by atoms with E-state index < -0.39 is 0 Å². The summed E-state index contributed by atoms with van der Waals surface area (Å²) in [6, 6.07) is 8.04. The number of carbonyl (C=O) groups excluding carboxylic acids is 1. The fraction of sp³-hybridized carbons (Fsp3) is 0.312. The molecule has 5 heteroatoms. The van der Waals surface area contributed by atoms with Crippen molar-refractivity contribution < 1.29 is 4.79 Å². The van der Waals surface area contributed by atoms with Gasteiger partial charge in [0.15, 0.2) is 0 Å². The number of fused-ring (bicyclic) bond motifs is 1. The zero-order valence-corrected chi connectivity index (χ0v) is 12.3. The molecule has 1 aromatic heterocycles. The second-order valence-electron chi connectivity index (χ2n) is 5.24. The topological polar surface area (TPSA) is 58.1 Å². The van der Waals surface area contributed by atoms with Crippen molar-refractivity contribution in [2.45, 2.75) is 20.3 Å². The van der Waals surface area contributed by atoms with E-state index >= 15 is 0 Å². The van der Waals surface area contributed by atoms with Crippen molar-refractivity contribution in [3.05, 3.63) is 47.3 Å². The van der Waals surface area contributed by atoms with E-state index in [0.717, 1.165) is 29.9 Å². The van der Waals surface area contributed by atoms with Gasteiger partial charge in [-0.15, -0.1) is 0 Å². The predicted octanol–water partition coefficient (Wildman–Crippen LogP) is 2.09. The van der Waals surface area contributed by atoms with Gasteiger partial charge in [0, 0.05) is 24.1 Å². The van der Waals surface area contributed by atoms with Crippen LogP contribution in [0.5, 0.6) is 0 Å². The van der Waals surface area contributed by atoms with Crippen molar-refractivity contribution in [3.8, 4) is 0 Å². The number of amides is 1. The van der Waals surface area contributed by atoms with Gasteiger partial charge in [0.05, 0.1) is 6.54 Å². The lowest BCUT2D eigenvalue weighted by Gasteiger charge is -2.17. The summed E-state index contributed by atoms with van der Waals surface area (Å²) in [6.45, 7) is 4.84. The summed E-state index contributed by atoms with van der Waals surface area (Å²) in [6.07, 6.45) is 2.68. The van der Waals surface area contributed by atoms with Gasteiger partial charge in [0.2, 0.25) is 11.9 Å². The van der Waals surface area contributed by atoms with Crippen LogP contribution in [0.25, 0.3) is 0 Å². The summed E-state index contributed by atoms with van der Waals surface area (Å²) in [5.41, 5.74) is 4.21. The molecule has 108 valence electrons. The zero-order chi connectivity index (χ0) is 14.8. The van der Waals surface area contributed by atoms with Crippen LogP contribution < -0.4 is 10.2 Å². The van der Waals surface area contributed by atoms with Gasteiger partial charge in [0.1, 0.15) is 0 Å². The third-order valence-corrected chi connectivity index (χ3v) is 3.81. The van der Waals surface area contributed by atoms with Crippen LogP contribution in [-0.2, 0) is 11.2 Å². The molecule has 0 spiro atoms. The Bertz CT molecular complexity index is 684. The van der Waals surface area contributed by atoms with E-state index in [1.165, 1.54) is 5.56 Å². The monoisotopic (exact) mass is 282 g/mol. The predicted molar refractivity (Wildman–Crippen MR) is 82.5 cm³/mol. The number of nitrogens with zero attached hydrogens (tertiary/aromatic N) is 3. The van der Waals surface area contributed by atoms with Gasteiger partial charge in [-0.1, -0.05) is 18.2 Å². The van der Waals surface area contributed by atoms with Crippen molar-refractivity contribution in [2.75, 3.05) is 23.3 Å². The minimum absolute atomic E-state index is 0.0433. The number of rotatable bonds is 3. The third kappa shape index (κ3) is 2.72. The van der Waals surface area contributed by atoms with Gasteiger partial charge in [-0.05, 0) is 37.5 Å². The van der Waals surface area contributed by atoms with Gasteiger partial charge < -0.3 is 10.2 Å². The van der Waals surface area contributed by atoms with Crippen molar-refractivity contribution in [1.82, 2.24) is 9.97 Å². The maximum Gasteiger partial charge on any atom is 0.246 e. The van der Waals surface area contributed by atoms with Gasteiger partial charge >= 0.3 is 0 Å². The largest absolute Gasteiger partial charge is 0.345 e. The molecule has 0 radical (unpaired) electrons. The number of para-hydroxylation sites is 1. The van der Waals surface area contributed by atoms with Crippen LogP contribution in [0.3, 0.4) is 0 Å². The molecule has 1 N–H and O–H groups in total. The number of hydrogen-bond acceptors (Lipinski definition) is 4. The lowest BCUT2D eigenvalue weighted by atomic mass is 10.2. The zero-order valence-electron chi connectivity index (χ0n) is 12.3. The van der Waals surface area contributed by atoms with Crippen LogP contribution in [-0.4, -0.2) is 29.0 Å². The first-order valence-electron chi connectivity index (χ1n) is 7.07. The molecule has 0 atom stereocenters. The molecule has 5 nitrogen and oxygen atoms in total. The number of anilines is 2. The Balaban J connectivity index is 1.66. The number of carbonyl (C=O) groups is 1. The Morgan fingerprint density at radius 3 is 2.95 bits per heavy atom. The summed E-state index contributed by atoms with van der Waals surface area (Å²) in [5.74, 6) is 0.542. The molecular formula is C16H18N4O. The highest BCUT2D eigenvalue weighted by atomic mass is 16.2. The first-order valence-corrected chi connectivity index (χ1v) is 7.07. The number of benzene rings is 1. The molecule has 1 aliphatic rings. The molecule has 0 fully saturated rings. The molecule has 1 aromatic carbocycles. The van der Waals surface area contributed by atoms with E-state index in [1.807, 2.05) is 36.9 Å². The van der Waals surface area contributed by atoms with Gasteiger partial charge in [-0.25, -0.2) is 9.97 Å². The average molecular weight is 282 g/mol. The fourth-order valence-electron chi connectivity index (χ4n) is 2.46. The van der Waals surface area contributed by atoms with E-state index in [0.29, 0.717) is 5.95 Å². The molecule has 21 heavy (non-hydrogen) atoms. The first-order chi connectivity index (χ1) is 10.1. The molecule has 2 heterocycles. The lowest BCUT2D eigenvalue weighted by Crippen LogP contribution is -2.34. The Morgan fingerprint density at radius 1 is 1.33 bits per heavy atom. The van der Waals surface area contributed by atoms with Crippen molar-refractivity contribution in [2.24, 2.45) is 0 Å². The Morgan fingerprint density at radius 2 is 2.14 bits per heavy atom. The summed E-state index contributed by atoms with van der Waals surface area (Å²) in [4.78, 5) is 22.7. The van der Waals surface area contributed by atoms with Gasteiger partial charge in [0.25, 0.3) is 0 Å². The van der Waals surface area contributed by atoms with Crippen molar-refractivity contribution >= 4 is 17.5 Å². The quantitative estimate of drug-likeness (QED) is 0.936. The smallest absolute Gasteiger partial charge is 0.246 e. The number of aromatic nitrogens is 2. The van der Waals surface area contributed by atoms with Crippen molar-refractivity contribution in [1.29, 1.82) is 0 Å². The molecule has 1 amide bonds. The van der Waals surface area contributed by atoms with Gasteiger partial charge in [-0.3, -0.25) is 4.79 Å². The van der Waals surface area contributed by atoms with Crippen molar-refractivity contribution in [3.63, 3.8) is 0 Å². The highest BCUT2D eigenvalue weighted by Gasteiger charge is 2.23.